The van der Waals surface area contributed by atoms with Gasteiger partial charge in [0.05, 0.1) is 13.2 Å². The lowest BCUT2D eigenvalue weighted by Crippen LogP contribution is -2.02. The second-order valence-corrected chi connectivity index (χ2v) is 10.8. The van der Waals surface area contributed by atoms with Crippen LogP contribution in [0.2, 0.25) is 0 Å². The van der Waals surface area contributed by atoms with E-state index in [1.807, 2.05) is 13.8 Å². The first-order chi connectivity index (χ1) is 13.1. The standard InChI is InChI=1S/2C7H14N3O2P.2H2/c2*1-3-12-13(2,11)6-10-5-4-7(8)9-10;;/h2*4-5H,3,6H2,1-2H3,(H2,8,9);2*1H/t2*13-;;/m10../s1/i;;1+1D;1+1. The lowest BCUT2D eigenvalue weighted by molar-refractivity contribution is 0.329. The van der Waals surface area contributed by atoms with Gasteiger partial charge in [-0.05, 0) is 26.0 Å². The molecule has 0 aromatic carbocycles. The van der Waals surface area contributed by atoms with E-state index in [0.717, 1.165) is 0 Å². The summed E-state index contributed by atoms with van der Waals surface area (Å²) in [7, 11) is -5.11. The van der Waals surface area contributed by atoms with Crippen LogP contribution in [0, 0.1) is 0 Å². The summed E-state index contributed by atoms with van der Waals surface area (Å²) < 4.78 is 46.6. The van der Waals surface area contributed by atoms with E-state index in [-0.39, 0.29) is 14.0 Å². The highest BCUT2D eigenvalue weighted by atomic mass is 31.2. The Bertz CT molecular complexity index is 725. The summed E-state index contributed by atoms with van der Waals surface area (Å²) in [6.45, 7) is 7.71. The van der Waals surface area contributed by atoms with Gasteiger partial charge in [-0.2, -0.15) is 10.2 Å². The van der Waals surface area contributed by atoms with Crippen LogP contribution in [-0.2, 0) is 30.7 Å². The molecule has 10 nitrogen and oxygen atoms in total. The van der Waals surface area contributed by atoms with Crippen LogP contribution in [0.15, 0.2) is 24.5 Å². The van der Waals surface area contributed by atoms with E-state index in [1.54, 1.807) is 37.9 Å². The topological polar surface area (TPSA) is 140 Å². The second-order valence-electron chi connectivity index (χ2n) is 5.71. The van der Waals surface area contributed by atoms with Crippen LogP contribution in [0.5, 0.6) is 0 Å². The molecule has 2 aromatic heterocycles. The highest BCUT2D eigenvalue weighted by Gasteiger charge is 2.16. The van der Waals surface area contributed by atoms with Gasteiger partial charge in [0.15, 0.2) is 0 Å². The minimum absolute atomic E-state index is 0. The molecular formula is C14H32N6O4P2. The molecule has 0 aliphatic heterocycles. The van der Waals surface area contributed by atoms with Gasteiger partial charge in [0, 0.05) is 30.1 Å². The van der Waals surface area contributed by atoms with Crippen LogP contribution in [-0.4, -0.2) is 46.1 Å². The summed E-state index contributed by atoms with van der Waals surface area (Å²) >= 11 is 0. The minimum atomic E-state index is -2.56. The molecule has 152 valence electrons. The normalized spacial score (nSPS) is 15.8. The van der Waals surface area contributed by atoms with Crippen molar-refractivity contribution in [2.24, 2.45) is 0 Å². The highest BCUT2D eigenvalue weighted by molar-refractivity contribution is 7.57. The molecule has 0 fully saturated rings. The van der Waals surface area contributed by atoms with Crippen molar-refractivity contribution in [3.05, 3.63) is 24.5 Å². The van der Waals surface area contributed by atoms with Gasteiger partial charge in [0.25, 0.3) is 0 Å². The molecule has 0 unspecified atom stereocenters. The lowest BCUT2D eigenvalue weighted by Gasteiger charge is -2.11. The van der Waals surface area contributed by atoms with Crippen LogP contribution in [0.4, 0.5) is 11.6 Å². The van der Waals surface area contributed by atoms with Crippen molar-refractivity contribution < 1.29 is 22.6 Å². The number of anilines is 2. The van der Waals surface area contributed by atoms with Crippen molar-refractivity contribution in [3.63, 3.8) is 0 Å². The van der Waals surface area contributed by atoms with Crippen LogP contribution in [0.3, 0.4) is 0 Å². The SMILES string of the molecule is CCO[P@@](C)(=O)Cn1ccc(N)n1.CCO[P@](C)(=O)Cn1ccc(N)n1.[2HH].[2H][2H]. The Morgan fingerprint density at radius 1 is 0.962 bits per heavy atom. The Hall–Kier alpha value is -1.60. The fourth-order valence-electron chi connectivity index (χ4n) is 2.07. The average molecular weight is 413 g/mol. The molecule has 0 amide bonds. The molecule has 0 saturated heterocycles. The number of nitrogens with zero attached hydrogens (tertiary/aromatic N) is 4. The van der Waals surface area contributed by atoms with Gasteiger partial charge in [-0.15, -0.1) is 0 Å². The highest BCUT2D eigenvalue weighted by Crippen LogP contribution is 2.44. The van der Waals surface area contributed by atoms with E-state index in [1.165, 1.54) is 9.36 Å². The summed E-state index contributed by atoms with van der Waals surface area (Å²) in [5, 5.41) is 7.84. The third kappa shape index (κ3) is 8.67. The molecule has 0 aliphatic rings. The summed E-state index contributed by atoms with van der Waals surface area (Å²) in [5.41, 5.74) is 10.8. The molecule has 2 aromatic rings. The third-order valence-electron chi connectivity index (χ3n) is 2.93. The number of rotatable bonds is 8. The zero-order chi connectivity index (χ0) is 21.8. The summed E-state index contributed by atoms with van der Waals surface area (Å²) in [6, 6.07) is 3.32. The van der Waals surface area contributed by atoms with Gasteiger partial charge in [0.1, 0.15) is 24.2 Å². The van der Waals surface area contributed by atoms with Gasteiger partial charge >= 0.3 is 0 Å². The fourth-order valence-corrected chi connectivity index (χ4v) is 4.69. The summed E-state index contributed by atoms with van der Waals surface area (Å²) in [4.78, 5) is 0. The van der Waals surface area contributed by atoms with Crippen molar-refractivity contribution >= 4 is 26.4 Å². The Morgan fingerprint density at radius 2 is 1.31 bits per heavy atom. The molecule has 2 rings (SSSR count). The molecule has 2 heterocycles. The fraction of sp³-hybridized carbons (Fsp3) is 0.571. The molecule has 0 spiro atoms. The summed E-state index contributed by atoms with van der Waals surface area (Å²) in [6.07, 6.45) is 3.92. The van der Waals surface area contributed by atoms with Gasteiger partial charge in [-0.3, -0.25) is 18.5 Å². The van der Waals surface area contributed by atoms with Gasteiger partial charge in [-0.1, -0.05) is 0 Å². The zero-order valence-electron chi connectivity index (χ0n) is 17.6. The first-order valence-electron chi connectivity index (χ1n) is 9.07. The van der Waals surface area contributed by atoms with E-state index >= 15 is 0 Å². The van der Waals surface area contributed by atoms with Crippen LogP contribution < -0.4 is 11.5 Å². The molecule has 4 N–H and O–H groups in total. The minimum Gasteiger partial charge on any atom is -0.382 e. The van der Waals surface area contributed by atoms with Crippen molar-refractivity contribution in [2.45, 2.75) is 26.4 Å². The predicted octanol–water partition coefficient (Wildman–Crippen LogP) is 3.23. The first kappa shape index (κ1) is 20.7. The van der Waals surface area contributed by atoms with E-state index in [0.29, 0.717) is 24.8 Å². The smallest absolute Gasteiger partial charge is 0.220 e. The Labute approximate surface area is 158 Å². The van der Waals surface area contributed by atoms with Gasteiger partial charge in [-0.25, -0.2) is 0 Å². The van der Waals surface area contributed by atoms with Gasteiger partial charge in [0.2, 0.25) is 14.7 Å². The van der Waals surface area contributed by atoms with Crippen molar-refractivity contribution in [3.8, 4) is 0 Å². The number of aromatic nitrogens is 4. The van der Waals surface area contributed by atoms with Gasteiger partial charge < -0.3 is 20.5 Å². The van der Waals surface area contributed by atoms with Crippen LogP contribution in [0.25, 0.3) is 0 Å². The van der Waals surface area contributed by atoms with Crippen molar-refractivity contribution in [2.75, 3.05) is 38.0 Å². The number of nitrogen functional groups attached to an aromatic ring is 2. The average Bonchev–Trinajstić information content (AvgIpc) is 3.17. The van der Waals surface area contributed by atoms with Crippen LogP contribution >= 0.6 is 14.7 Å². The maximum absolute atomic E-state index is 11.7. The molecule has 0 bridgehead atoms. The Balaban J connectivity index is 0. The molecule has 12 heteroatoms. The van der Waals surface area contributed by atoms with Crippen molar-refractivity contribution in [1.82, 2.24) is 19.6 Å². The lowest BCUT2D eigenvalue weighted by atomic mass is 10.7. The van der Waals surface area contributed by atoms with E-state index < -0.39 is 14.7 Å². The molecular weight excluding hydrogens is 378 g/mol. The number of hydrogen-bond donors (Lipinski definition) is 2. The molecule has 0 saturated carbocycles. The number of hydrogen-bond acceptors (Lipinski definition) is 8. The van der Waals surface area contributed by atoms with Crippen LogP contribution in [0.1, 0.15) is 18.2 Å². The Kier molecular flexibility index (Phi) is 7.90. The number of nitrogens with two attached hydrogens (primary N) is 2. The third-order valence-corrected chi connectivity index (χ3v) is 6.15. The summed E-state index contributed by atoms with van der Waals surface area (Å²) in [5.74, 6) is 0.855. The molecule has 0 radical (unpaired) electrons. The van der Waals surface area contributed by atoms with E-state index in [9.17, 15) is 9.13 Å². The maximum atomic E-state index is 11.7. The molecule has 26 heavy (non-hydrogen) atoms. The second kappa shape index (κ2) is 9.92. The van der Waals surface area contributed by atoms with E-state index in [4.69, 9.17) is 23.5 Å². The van der Waals surface area contributed by atoms with Crippen molar-refractivity contribution in [1.29, 1.82) is 0 Å². The zero-order valence-corrected chi connectivity index (χ0v) is 17.4. The maximum Gasteiger partial charge on any atom is 0.220 e. The molecule has 2 atom stereocenters. The first-order valence-corrected chi connectivity index (χ1v) is 12.6. The van der Waals surface area contributed by atoms with E-state index in [2.05, 4.69) is 10.2 Å². The molecule has 0 aliphatic carbocycles. The Morgan fingerprint density at radius 3 is 1.54 bits per heavy atom. The predicted molar refractivity (Wildman–Crippen MR) is 108 cm³/mol. The largest absolute Gasteiger partial charge is 0.382 e. The quantitative estimate of drug-likeness (QED) is 0.629. The monoisotopic (exact) mass is 413 g/mol.